The maximum Gasteiger partial charge on any atom is 0.573 e. The van der Waals surface area contributed by atoms with Crippen molar-refractivity contribution in [3.8, 4) is 16.9 Å². The molecule has 1 aromatic heterocycles. The van der Waals surface area contributed by atoms with E-state index < -0.39 is 56.5 Å². The number of aliphatic hydroxyl groups excluding tert-OH is 1. The van der Waals surface area contributed by atoms with Crippen molar-refractivity contribution in [2.75, 3.05) is 35.4 Å². The molecule has 3 aromatic rings. The van der Waals surface area contributed by atoms with Crippen LogP contribution < -0.4 is 13.9 Å². The third-order valence-electron chi connectivity index (χ3n) is 8.10. The molecule has 0 spiro atoms. The molecule has 1 N–H and O–H groups in total. The zero-order chi connectivity index (χ0) is 33.8. The van der Waals surface area contributed by atoms with Crippen molar-refractivity contribution in [1.29, 1.82) is 0 Å². The Labute approximate surface area is 265 Å². The molecule has 0 amide bonds. The van der Waals surface area contributed by atoms with Gasteiger partial charge in [-0.2, -0.15) is 13.2 Å². The third-order valence-corrected chi connectivity index (χ3v) is 10.1. The first kappa shape index (κ1) is 33.8. The van der Waals surface area contributed by atoms with Gasteiger partial charge in [0, 0.05) is 42.0 Å². The van der Waals surface area contributed by atoms with E-state index in [1.54, 1.807) is 13.8 Å². The Balaban J connectivity index is 1.63. The fraction of sp³-hybridized carbons (Fsp3) is 0.379. The summed E-state index contributed by atoms with van der Waals surface area (Å²) in [4.78, 5) is 18.9. The second-order valence-electron chi connectivity index (χ2n) is 11.4. The lowest BCUT2D eigenvalue weighted by molar-refractivity contribution is -0.274. The quantitative estimate of drug-likeness (QED) is 0.261. The van der Waals surface area contributed by atoms with Crippen LogP contribution in [0.2, 0.25) is 5.02 Å². The number of nitrogens with zero attached hydrogens (tertiary/aromatic N) is 4. The number of hydrogen-bond donors (Lipinski definition) is 1. The van der Waals surface area contributed by atoms with Gasteiger partial charge in [0.1, 0.15) is 18.1 Å². The zero-order valence-electron chi connectivity index (χ0n) is 24.2. The van der Waals surface area contributed by atoms with Crippen LogP contribution in [0.3, 0.4) is 0 Å². The Morgan fingerprint density at radius 3 is 2.39 bits per heavy atom. The standard InChI is InChI=1S/C29H27ClF6N4O5S/c1-27(2,25(42)16-41)38-6-7-39-21(14-38)15-40(46(43,44)23-5-3-4-19(11-23)28(31,32)33)24-10-18(13-37-26(24)39)17-8-20(30)12-22(9-17)45-29(34,35)36/h3-5,8-13,16,21,25,42H,6-7,14-15H2,1-2H3/t21-,25?/m0/s1. The number of piperazine rings is 1. The van der Waals surface area contributed by atoms with Crippen LogP contribution in [0, 0.1) is 0 Å². The SMILES string of the molecule is CC(C)(C(O)C=O)N1CCN2c3ncc(-c4cc(Cl)cc(OC(F)(F)F)c4)cc3N(S(=O)(=O)c3cccc(C(F)(F)F)c3)C[C@@H]2C1. The molecule has 1 fully saturated rings. The zero-order valence-corrected chi connectivity index (χ0v) is 25.8. The number of aromatic nitrogens is 1. The number of fused-ring (bicyclic) bond motifs is 3. The van der Waals surface area contributed by atoms with Crippen LogP contribution in [0.15, 0.2) is 59.6 Å². The molecule has 5 rings (SSSR count). The van der Waals surface area contributed by atoms with E-state index >= 15 is 0 Å². The molecule has 9 nitrogen and oxygen atoms in total. The summed E-state index contributed by atoms with van der Waals surface area (Å²) >= 11 is 6.06. The number of aliphatic hydroxyl groups is 1. The van der Waals surface area contributed by atoms with Crippen molar-refractivity contribution in [3.63, 3.8) is 0 Å². The van der Waals surface area contributed by atoms with E-state index in [2.05, 4.69) is 9.72 Å². The minimum atomic E-state index is -5.01. The lowest BCUT2D eigenvalue weighted by atomic mass is 9.93. The first-order valence-corrected chi connectivity index (χ1v) is 15.5. The van der Waals surface area contributed by atoms with Gasteiger partial charge in [-0.25, -0.2) is 13.4 Å². The van der Waals surface area contributed by atoms with Crippen molar-refractivity contribution < 1.29 is 49.4 Å². The molecule has 0 saturated carbocycles. The topological polar surface area (TPSA) is 103 Å². The molecule has 248 valence electrons. The Bertz CT molecular complexity index is 1750. The molecule has 0 aliphatic carbocycles. The van der Waals surface area contributed by atoms with Crippen molar-refractivity contribution in [1.82, 2.24) is 9.88 Å². The summed E-state index contributed by atoms with van der Waals surface area (Å²) in [5.74, 6) is -0.463. The molecule has 46 heavy (non-hydrogen) atoms. The van der Waals surface area contributed by atoms with Gasteiger partial charge < -0.3 is 19.5 Å². The normalized spacial score (nSPS) is 18.5. The maximum absolute atomic E-state index is 14.1. The third kappa shape index (κ3) is 6.61. The summed E-state index contributed by atoms with van der Waals surface area (Å²) in [6.45, 7) is 3.81. The second kappa shape index (κ2) is 11.9. The first-order chi connectivity index (χ1) is 21.3. The van der Waals surface area contributed by atoms with E-state index in [-0.39, 0.29) is 47.3 Å². The Hall–Kier alpha value is -3.60. The Morgan fingerprint density at radius 1 is 1.02 bits per heavy atom. The average molecular weight is 693 g/mol. The molecule has 3 heterocycles. The van der Waals surface area contributed by atoms with Gasteiger partial charge in [0.15, 0.2) is 5.82 Å². The summed E-state index contributed by atoms with van der Waals surface area (Å²) in [6.07, 6.45) is -9.49. The minimum Gasteiger partial charge on any atom is -0.406 e. The number of pyridine rings is 1. The summed E-state index contributed by atoms with van der Waals surface area (Å²) < 4.78 is 113. The predicted molar refractivity (Wildman–Crippen MR) is 156 cm³/mol. The Kier molecular flexibility index (Phi) is 8.72. The van der Waals surface area contributed by atoms with Crippen LogP contribution in [0.4, 0.5) is 37.8 Å². The summed E-state index contributed by atoms with van der Waals surface area (Å²) in [5.41, 5.74) is -1.97. The van der Waals surface area contributed by atoms with Crippen molar-refractivity contribution in [3.05, 3.63) is 65.3 Å². The fourth-order valence-corrected chi connectivity index (χ4v) is 7.34. The number of rotatable bonds is 7. The Morgan fingerprint density at radius 2 is 1.74 bits per heavy atom. The van der Waals surface area contributed by atoms with Crippen LogP contribution in [-0.4, -0.2) is 79.9 Å². The number of carbonyl (C=O) groups is 1. The van der Waals surface area contributed by atoms with E-state index in [1.807, 2.05) is 9.80 Å². The summed E-state index contributed by atoms with van der Waals surface area (Å²) in [7, 11) is -4.68. The van der Waals surface area contributed by atoms with Gasteiger partial charge in [-0.15, -0.1) is 13.2 Å². The van der Waals surface area contributed by atoms with E-state index in [0.717, 1.165) is 34.6 Å². The highest BCUT2D eigenvalue weighted by Crippen LogP contribution is 2.43. The molecule has 17 heteroatoms. The lowest BCUT2D eigenvalue weighted by Gasteiger charge is -2.52. The highest BCUT2D eigenvalue weighted by Gasteiger charge is 2.45. The van der Waals surface area contributed by atoms with Crippen LogP contribution in [-0.2, 0) is 21.0 Å². The number of hydrogen-bond acceptors (Lipinski definition) is 8. The molecular formula is C29H27ClF6N4O5S. The van der Waals surface area contributed by atoms with E-state index in [9.17, 15) is 44.7 Å². The molecule has 2 aliphatic rings. The second-order valence-corrected chi connectivity index (χ2v) is 13.7. The van der Waals surface area contributed by atoms with E-state index in [0.29, 0.717) is 18.9 Å². The number of carbonyl (C=O) groups excluding carboxylic acids is 1. The van der Waals surface area contributed by atoms with Gasteiger partial charge in [-0.3, -0.25) is 9.21 Å². The van der Waals surface area contributed by atoms with Gasteiger partial charge in [0.25, 0.3) is 10.0 Å². The molecule has 1 unspecified atom stereocenters. The van der Waals surface area contributed by atoms with Gasteiger partial charge in [0.05, 0.1) is 28.7 Å². The van der Waals surface area contributed by atoms with Gasteiger partial charge in [-0.1, -0.05) is 17.7 Å². The molecule has 0 bridgehead atoms. The fourth-order valence-electron chi connectivity index (χ4n) is 5.58. The number of anilines is 2. The number of benzene rings is 2. The molecular weight excluding hydrogens is 666 g/mol. The first-order valence-electron chi connectivity index (χ1n) is 13.7. The highest BCUT2D eigenvalue weighted by molar-refractivity contribution is 7.92. The smallest absolute Gasteiger partial charge is 0.406 e. The monoisotopic (exact) mass is 692 g/mol. The predicted octanol–water partition coefficient (Wildman–Crippen LogP) is 5.36. The van der Waals surface area contributed by atoms with Crippen LogP contribution >= 0.6 is 11.6 Å². The molecule has 2 aromatic carbocycles. The average Bonchev–Trinajstić information content (AvgIpc) is 2.98. The summed E-state index contributed by atoms with van der Waals surface area (Å²) in [6, 6.07) is 7.32. The number of alkyl halides is 6. The molecule has 0 radical (unpaired) electrons. The van der Waals surface area contributed by atoms with E-state index in [4.69, 9.17) is 11.6 Å². The number of sulfonamides is 1. The van der Waals surface area contributed by atoms with Gasteiger partial charge >= 0.3 is 12.5 Å². The van der Waals surface area contributed by atoms with Crippen LogP contribution in [0.1, 0.15) is 19.4 Å². The van der Waals surface area contributed by atoms with E-state index in [1.165, 1.54) is 18.3 Å². The molecule has 1 saturated heterocycles. The summed E-state index contributed by atoms with van der Waals surface area (Å²) in [5, 5.41) is 10.2. The largest absolute Gasteiger partial charge is 0.573 e. The van der Waals surface area contributed by atoms with Crippen molar-refractivity contribution in [2.24, 2.45) is 0 Å². The van der Waals surface area contributed by atoms with Crippen molar-refractivity contribution >= 4 is 39.4 Å². The van der Waals surface area contributed by atoms with Gasteiger partial charge in [0.2, 0.25) is 0 Å². The molecule has 2 atom stereocenters. The van der Waals surface area contributed by atoms with Gasteiger partial charge in [-0.05, 0) is 61.9 Å². The maximum atomic E-state index is 14.1. The van der Waals surface area contributed by atoms with Crippen molar-refractivity contribution in [2.45, 2.75) is 49.0 Å². The lowest BCUT2D eigenvalue weighted by Crippen LogP contribution is -2.66. The highest BCUT2D eigenvalue weighted by atomic mass is 35.5. The molecule has 2 aliphatic heterocycles. The number of aldehydes is 1. The number of halogens is 7. The van der Waals surface area contributed by atoms with Crippen LogP contribution in [0.5, 0.6) is 5.75 Å². The number of ether oxygens (including phenoxy) is 1. The minimum absolute atomic E-state index is 0.0231. The van der Waals surface area contributed by atoms with Crippen LogP contribution in [0.25, 0.3) is 11.1 Å².